The predicted octanol–water partition coefficient (Wildman–Crippen LogP) is 3.53. The zero-order chi connectivity index (χ0) is 14.7. The van der Waals surface area contributed by atoms with Gasteiger partial charge in [0.2, 0.25) is 0 Å². The van der Waals surface area contributed by atoms with Crippen LogP contribution in [0.25, 0.3) is 0 Å². The summed E-state index contributed by atoms with van der Waals surface area (Å²) in [5.74, 6) is -0.732. The van der Waals surface area contributed by atoms with E-state index in [0.29, 0.717) is 24.1 Å². The van der Waals surface area contributed by atoms with Gasteiger partial charge < -0.3 is 5.11 Å². The maximum absolute atomic E-state index is 13.8. The molecule has 1 fully saturated rings. The van der Waals surface area contributed by atoms with E-state index >= 15 is 0 Å². The van der Waals surface area contributed by atoms with Gasteiger partial charge in [0, 0.05) is 18.2 Å². The van der Waals surface area contributed by atoms with Crippen LogP contribution < -0.4 is 0 Å². The molecule has 2 rings (SSSR count). The largest absolute Gasteiger partial charge is 0.478 e. The lowest BCUT2D eigenvalue weighted by atomic mass is 9.85. The molecule has 1 aromatic carbocycles. The standard InChI is InChI=1S/C16H22FNO2/c1-11-5-3-4-6-15(11)18(2)10-13-9-12(16(19)20)7-8-14(13)17/h7-9,11,15H,3-6,10H2,1-2H3,(H,19,20). The Morgan fingerprint density at radius 2 is 2.10 bits per heavy atom. The minimum atomic E-state index is -1.01. The summed E-state index contributed by atoms with van der Waals surface area (Å²) in [4.78, 5) is 13.1. The first kappa shape index (κ1) is 15.0. The van der Waals surface area contributed by atoms with Crippen LogP contribution in [0.1, 0.15) is 48.5 Å². The first-order valence-corrected chi connectivity index (χ1v) is 7.21. The van der Waals surface area contributed by atoms with Crippen LogP contribution in [0.5, 0.6) is 0 Å². The van der Waals surface area contributed by atoms with Crippen molar-refractivity contribution in [2.45, 2.75) is 45.2 Å². The second kappa shape index (κ2) is 6.35. The first-order valence-electron chi connectivity index (χ1n) is 7.21. The summed E-state index contributed by atoms with van der Waals surface area (Å²) in [6.07, 6.45) is 4.84. The molecule has 2 unspecified atom stereocenters. The fourth-order valence-corrected chi connectivity index (χ4v) is 3.17. The van der Waals surface area contributed by atoms with Crippen molar-refractivity contribution in [2.75, 3.05) is 7.05 Å². The molecule has 110 valence electrons. The molecule has 0 aliphatic heterocycles. The summed E-state index contributed by atoms with van der Waals surface area (Å²) < 4.78 is 13.8. The molecule has 1 aliphatic rings. The van der Waals surface area contributed by atoms with Crippen molar-refractivity contribution in [3.63, 3.8) is 0 Å². The molecule has 0 aromatic heterocycles. The molecule has 1 saturated carbocycles. The molecule has 3 nitrogen and oxygen atoms in total. The minimum Gasteiger partial charge on any atom is -0.478 e. The summed E-state index contributed by atoms with van der Waals surface area (Å²) in [5, 5.41) is 8.99. The van der Waals surface area contributed by atoms with Gasteiger partial charge in [0.05, 0.1) is 5.56 Å². The summed E-state index contributed by atoms with van der Waals surface area (Å²) in [6.45, 7) is 2.70. The Morgan fingerprint density at radius 1 is 1.40 bits per heavy atom. The fraction of sp³-hybridized carbons (Fsp3) is 0.562. The van der Waals surface area contributed by atoms with Crippen LogP contribution in [-0.2, 0) is 6.54 Å². The van der Waals surface area contributed by atoms with Gasteiger partial charge in [0.25, 0.3) is 0 Å². The summed E-state index contributed by atoms with van der Waals surface area (Å²) in [6, 6.07) is 4.46. The van der Waals surface area contributed by atoms with Crippen LogP contribution in [-0.4, -0.2) is 29.1 Å². The molecule has 4 heteroatoms. The van der Waals surface area contributed by atoms with Gasteiger partial charge in [0.15, 0.2) is 0 Å². The zero-order valence-electron chi connectivity index (χ0n) is 12.1. The molecule has 1 aromatic rings. The molecule has 1 aliphatic carbocycles. The molecular weight excluding hydrogens is 257 g/mol. The number of carboxylic acid groups (broad SMARTS) is 1. The third kappa shape index (κ3) is 3.37. The van der Waals surface area contributed by atoms with E-state index in [-0.39, 0.29) is 11.4 Å². The average Bonchev–Trinajstić information content (AvgIpc) is 2.41. The van der Waals surface area contributed by atoms with Crippen molar-refractivity contribution in [2.24, 2.45) is 5.92 Å². The Labute approximate surface area is 119 Å². The van der Waals surface area contributed by atoms with Gasteiger partial charge >= 0.3 is 5.97 Å². The second-order valence-corrected chi connectivity index (χ2v) is 5.86. The van der Waals surface area contributed by atoms with E-state index in [0.717, 1.165) is 6.42 Å². The van der Waals surface area contributed by atoms with E-state index in [1.807, 2.05) is 7.05 Å². The second-order valence-electron chi connectivity index (χ2n) is 5.86. The summed E-state index contributed by atoms with van der Waals surface area (Å²) in [7, 11) is 2.00. The van der Waals surface area contributed by atoms with Crippen LogP contribution in [0.15, 0.2) is 18.2 Å². The molecule has 0 saturated heterocycles. The van der Waals surface area contributed by atoms with Gasteiger partial charge in [-0.05, 0) is 44.0 Å². The van der Waals surface area contributed by atoms with Crippen molar-refractivity contribution in [3.05, 3.63) is 35.1 Å². The lowest BCUT2D eigenvalue weighted by molar-refractivity contribution is 0.0696. The van der Waals surface area contributed by atoms with E-state index in [1.54, 1.807) is 0 Å². The number of rotatable bonds is 4. The summed E-state index contributed by atoms with van der Waals surface area (Å²) >= 11 is 0. The Morgan fingerprint density at radius 3 is 2.75 bits per heavy atom. The first-order chi connectivity index (χ1) is 9.49. The van der Waals surface area contributed by atoms with Crippen LogP contribution in [0.4, 0.5) is 4.39 Å². The highest BCUT2D eigenvalue weighted by molar-refractivity contribution is 5.87. The van der Waals surface area contributed by atoms with Gasteiger partial charge in [-0.1, -0.05) is 19.8 Å². The maximum Gasteiger partial charge on any atom is 0.335 e. The predicted molar refractivity (Wildman–Crippen MR) is 76.2 cm³/mol. The van der Waals surface area contributed by atoms with E-state index in [1.165, 1.54) is 37.5 Å². The third-order valence-corrected chi connectivity index (χ3v) is 4.34. The highest BCUT2D eigenvalue weighted by Gasteiger charge is 2.25. The maximum atomic E-state index is 13.8. The molecule has 0 spiro atoms. The third-order valence-electron chi connectivity index (χ3n) is 4.34. The number of carboxylic acids is 1. The lowest BCUT2D eigenvalue weighted by Gasteiger charge is -2.36. The summed E-state index contributed by atoms with van der Waals surface area (Å²) in [5.41, 5.74) is 0.608. The topological polar surface area (TPSA) is 40.5 Å². The van der Waals surface area contributed by atoms with Gasteiger partial charge in [-0.15, -0.1) is 0 Å². The van der Waals surface area contributed by atoms with Gasteiger partial charge in [-0.25, -0.2) is 9.18 Å². The van der Waals surface area contributed by atoms with Gasteiger partial charge in [-0.3, -0.25) is 4.90 Å². The number of benzene rings is 1. The number of carbonyl (C=O) groups is 1. The highest BCUT2D eigenvalue weighted by Crippen LogP contribution is 2.28. The molecular formula is C16H22FNO2. The van der Waals surface area contributed by atoms with E-state index in [9.17, 15) is 9.18 Å². The number of hydrogen-bond donors (Lipinski definition) is 1. The highest BCUT2D eigenvalue weighted by atomic mass is 19.1. The van der Waals surface area contributed by atoms with E-state index in [2.05, 4.69) is 11.8 Å². The van der Waals surface area contributed by atoms with Crippen molar-refractivity contribution >= 4 is 5.97 Å². The van der Waals surface area contributed by atoms with Crippen LogP contribution in [0, 0.1) is 11.7 Å². The number of halogens is 1. The van der Waals surface area contributed by atoms with Crippen molar-refractivity contribution < 1.29 is 14.3 Å². The SMILES string of the molecule is CC1CCCCC1N(C)Cc1cc(C(=O)O)ccc1F. The molecule has 0 radical (unpaired) electrons. The quantitative estimate of drug-likeness (QED) is 0.916. The molecule has 1 N–H and O–H groups in total. The molecule has 0 heterocycles. The molecule has 20 heavy (non-hydrogen) atoms. The van der Waals surface area contributed by atoms with Crippen molar-refractivity contribution in [1.29, 1.82) is 0 Å². The number of aromatic carboxylic acids is 1. The van der Waals surface area contributed by atoms with E-state index in [4.69, 9.17) is 5.11 Å². The minimum absolute atomic E-state index is 0.145. The smallest absolute Gasteiger partial charge is 0.335 e. The van der Waals surface area contributed by atoms with Crippen LogP contribution >= 0.6 is 0 Å². The molecule has 0 amide bonds. The van der Waals surface area contributed by atoms with Gasteiger partial charge in [-0.2, -0.15) is 0 Å². The van der Waals surface area contributed by atoms with Crippen LogP contribution in [0.3, 0.4) is 0 Å². The normalized spacial score (nSPS) is 23.0. The molecule has 2 atom stereocenters. The number of nitrogens with zero attached hydrogens (tertiary/aromatic N) is 1. The Kier molecular flexibility index (Phi) is 4.76. The Balaban J connectivity index is 2.12. The number of hydrogen-bond acceptors (Lipinski definition) is 2. The van der Waals surface area contributed by atoms with Crippen LogP contribution in [0.2, 0.25) is 0 Å². The van der Waals surface area contributed by atoms with Crippen molar-refractivity contribution in [3.8, 4) is 0 Å². The average molecular weight is 279 g/mol. The zero-order valence-corrected chi connectivity index (χ0v) is 12.1. The Bertz CT molecular complexity index is 489. The fourth-order valence-electron chi connectivity index (χ4n) is 3.17. The Hall–Kier alpha value is -1.42. The van der Waals surface area contributed by atoms with Crippen molar-refractivity contribution in [1.82, 2.24) is 4.90 Å². The lowest BCUT2D eigenvalue weighted by Crippen LogP contribution is -2.38. The monoisotopic (exact) mass is 279 g/mol. The van der Waals surface area contributed by atoms with Gasteiger partial charge in [0.1, 0.15) is 5.82 Å². The van der Waals surface area contributed by atoms with E-state index < -0.39 is 5.97 Å². The molecule has 0 bridgehead atoms.